The van der Waals surface area contributed by atoms with Crippen LogP contribution in [0.3, 0.4) is 0 Å². The van der Waals surface area contributed by atoms with Crippen LogP contribution in [0.2, 0.25) is 0 Å². The number of ketones is 1. The number of nitrogens with zero attached hydrogens (tertiary/aromatic N) is 1. The standard InChI is InChI=1S/C24H24N2O5/c1-4-11-26-21(17-13-25-18-8-6-5-7-15(17)18)20(23(28)24(26)29)22(27)16-12-14(30-2)9-10-19(16)31-3/h5-10,12-13,21,25,27H,4,11H2,1-3H3/b22-20+. The zero-order valence-electron chi connectivity index (χ0n) is 17.6. The number of aromatic nitrogens is 1. The molecule has 1 aliphatic rings. The Hall–Kier alpha value is -3.74. The van der Waals surface area contributed by atoms with Gasteiger partial charge in [0.1, 0.15) is 17.3 Å². The normalized spacial score (nSPS) is 18.0. The van der Waals surface area contributed by atoms with Crippen LogP contribution in [0.4, 0.5) is 0 Å². The van der Waals surface area contributed by atoms with Gasteiger partial charge < -0.3 is 24.5 Å². The highest BCUT2D eigenvalue weighted by molar-refractivity contribution is 6.46. The highest BCUT2D eigenvalue weighted by atomic mass is 16.5. The number of nitrogens with one attached hydrogen (secondary N) is 1. The van der Waals surface area contributed by atoms with Crippen molar-refractivity contribution in [3.05, 3.63) is 65.4 Å². The lowest BCUT2D eigenvalue weighted by Gasteiger charge is -2.24. The Morgan fingerprint density at radius 3 is 2.61 bits per heavy atom. The molecule has 7 nitrogen and oxygen atoms in total. The van der Waals surface area contributed by atoms with E-state index in [1.807, 2.05) is 31.2 Å². The van der Waals surface area contributed by atoms with Gasteiger partial charge >= 0.3 is 0 Å². The second-order valence-electron chi connectivity index (χ2n) is 7.35. The zero-order valence-corrected chi connectivity index (χ0v) is 17.6. The minimum Gasteiger partial charge on any atom is -0.507 e. The monoisotopic (exact) mass is 420 g/mol. The maximum Gasteiger partial charge on any atom is 0.295 e. The summed E-state index contributed by atoms with van der Waals surface area (Å²) in [5, 5.41) is 12.2. The minimum absolute atomic E-state index is 0.0368. The average molecular weight is 420 g/mol. The Balaban J connectivity index is 1.98. The number of likely N-dealkylation sites (tertiary alicyclic amines) is 1. The quantitative estimate of drug-likeness (QED) is 0.357. The van der Waals surface area contributed by atoms with Gasteiger partial charge in [0.15, 0.2) is 0 Å². The molecule has 2 heterocycles. The average Bonchev–Trinajstić information content (AvgIpc) is 3.32. The molecule has 0 bridgehead atoms. The lowest BCUT2D eigenvalue weighted by Crippen LogP contribution is -2.30. The van der Waals surface area contributed by atoms with Crippen molar-refractivity contribution in [2.24, 2.45) is 0 Å². The van der Waals surface area contributed by atoms with Crippen LogP contribution in [0.15, 0.2) is 54.2 Å². The summed E-state index contributed by atoms with van der Waals surface area (Å²) < 4.78 is 10.7. The highest BCUT2D eigenvalue weighted by Crippen LogP contribution is 2.43. The first-order valence-corrected chi connectivity index (χ1v) is 10.1. The number of aliphatic hydroxyl groups is 1. The molecule has 1 atom stereocenters. The summed E-state index contributed by atoms with van der Waals surface area (Å²) in [6.45, 7) is 2.33. The summed E-state index contributed by atoms with van der Waals surface area (Å²) in [6, 6.07) is 11.9. The third kappa shape index (κ3) is 3.32. The minimum atomic E-state index is -0.717. The number of ether oxygens (including phenoxy) is 2. The summed E-state index contributed by atoms with van der Waals surface area (Å²) in [7, 11) is 2.99. The molecular formula is C24H24N2O5. The van der Waals surface area contributed by atoms with Gasteiger partial charge in [0.25, 0.3) is 11.7 Å². The summed E-state index contributed by atoms with van der Waals surface area (Å²) in [5.41, 5.74) is 1.97. The van der Waals surface area contributed by atoms with Gasteiger partial charge in [0.05, 0.1) is 31.4 Å². The van der Waals surface area contributed by atoms with Crippen molar-refractivity contribution >= 4 is 28.4 Å². The number of rotatable bonds is 6. The molecule has 0 saturated carbocycles. The molecule has 1 unspecified atom stereocenters. The molecule has 1 saturated heterocycles. The lowest BCUT2D eigenvalue weighted by atomic mass is 9.94. The number of aromatic amines is 1. The van der Waals surface area contributed by atoms with Crippen molar-refractivity contribution in [3.63, 3.8) is 0 Å². The molecule has 1 aliphatic heterocycles. The molecule has 3 aromatic rings. The zero-order chi connectivity index (χ0) is 22.1. The SMILES string of the molecule is CCCN1C(=O)C(=O)/C(=C(/O)c2cc(OC)ccc2OC)C1c1c[nH]c2ccccc12. The van der Waals surface area contributed by atoms with Gasteiger partial charge in [-0.25, -0.2) is 0 Å². The number of methoxy groups -OCH3 is 2. The first-order chi connectivity index (χ1) is 15.0. The van der Waals surface area contributed by atoms with Crippen LogP contribution in [0.25, 0.3) is 16.7 Å². The van der Waals surface area contributed by atoms with Gasteiger partial charge in [-0.15, -0.1) is 0 Å². The van der Waals surface area contributed by atoms with E-state index < -0.39 is 17.7 Å². The van der Waals surface area contributed by atoms with Crippen molar-refractivity contribution in [1.29, 1.82) is 0 Å². The topological polar surface area (TPSA) is 91.9 Å². The van der Waals surface area contributed by atoms with Crippen LogP contribution >= 0.6 is 0 Å². The molecule has 4 rings (SSSR count). The molecule has 0 aliphatic carbocycles. The van der Waals surface area contributed by atoms with E-state index in [4.69, 9.17) is 9.47 Å². The Bertz CT molecular complexity index is 1190. The van der Waals surface area contributed by atoms with E-state index in [0.717, 1.165) is 16.5 Å². The predicted octanol–water partition coefficient (Wildman–Crippen LogP) is 4.02. The molecule has 160 valence electrons. The molecule has 0 spiro atoms. The number of aliphatic hydroxyl groups excluding tert-OH is 1. The van der Waals surface area contributed by atoms with Crippen molar-refractivity contribution in [3.8, 4) is 11.5 Å². The predicted molar refractivity (Wildman–Crippen MR) is 117 cm³/mol. The number of H-pyrrole nitrogens is 1. The van der Waals surface area contributed by atoms with Gasteiger partial charge in [-0.2, -0.15) is 0 Å². The number of fused-ring (bicyclic) bond motifs is 1. The first-order valence-electron chi connectivity index (χ1n) is 10.1. The second-order valence-corrected chi connectivity index (χ2v) is 7.35. The third-order valence-corrected chi connectivity index (χ3v) is 5.58. The van der Waals surface area contributed by atoms with Gasteiger partial charge in [0, 0.05) is 29.2 Å². The number of hydrogen-bond acceptors (Lipinski definition) is 5. The smallest absolute Gasteiger partial charge is 0.295 e. The van der Waals surface area contributed by atoms with Crippen molar-refractivity contribution in [2.75, 3.05) is 20.8 Å². The summed E-state index contributed by atoms with van der Waals surface area (Å²) in [6.07, 6.45) is 2.47. The summed E-state index contributed by atoms with van der Waals surface area (Å²) in [5.74, 6) is -0.763. The van der Waals surface area contributed by atoms with Gasteiger partial charge in [-0.3, -0.25) is 9.59 Å². The highest BCUT2D eigenvalue weighted by Gasteiger charge is 2.46. The fourth-order valence-electron chi connectivity index (χ4n) is 4.14. The summed E-state index contributed by atoms with van der Waals surface area (Å²) >= 11 is 0. The Morgan fingerprint density at radius 1 is 1.13 bits per heavy atom. The van der Waals surface area contributed by atoms with E-state index in [2.05, 4.69) is 4.98 Å². The number of para-hydroxylation sites is 1. The fraction of sp³-hybridized carbons (Fsp3) is 0.250. The maximum atomic E-state index is 13.1. The van der Waals surface area contributed by atoms with Gasteiger partial charge in [-0.05, 0) is 30.7 Å². The van der Waals surface area contributed by atoms with E-state index in [1.54, 1.807) is 24.4 Å². The van der Waals surface area contributed by atoms with Crippen LogP contribution in [-0.4, -0.2) is 47.4 Å². The number of Topliss-reactive ketones (excluding diaryl/α,β-unsaturated/α-hetero) is 1. The molecule has 1 fully saturated rings. The van der Waals surface area contributed by atoms with Crippen molar-refractivity contribution in [1.82, 2.24) is 9.88 Å². The van der Waals surface area contributed by atoms with Crippen molar-refractivity contribution < 1.29 is 24.2 Å². The second kappa shape index (κ2) is 8.18. The number of amides is 1. The first kappa shape index (κ1) is 20.5. The Labute approximate surface area is 179 Å². The largest absolute Gasteiger partial charge is 0.507 e. The van der Waals surface area contributed by atoms with E-state index in [9.17, 15) is 14.7 Å². The van der Waals surface area contributed by atoms with Crippen LogP contribution < -0.4 is 9.47 Å². The number of carbonyl (C=O) groups is 2. The fourth-order valence-corrected chi connectivity index (χ4v) is 4.14. The molecule has 1 amide bonds. The van der Waals surface area contributed by atoms with E-state index in [-0.39, 0.29) is 11.3 Å². The Kier molecular flexibility index (Phi) is 5.42. The van der Waals surface area contributed by atoms with E-state index >= 15 is 0 Å². The molecule has 7 heteroatoms. The van der Waals surface area contributed by atoms with Crippen LogP contribution in [0, 0.1) is 0 Å². The van der Waals surface area contributed by atoms with Crippen LogP contribution in [0.1, 0.15) is 30.5 Å². The molecule has 31 heavy (non-hydrogen) atoms. The summed E-state index contributed by atoms with van der Waals surface area (Å²) in [4.78, 5) is 30.8. The lowest BCUT2D eigenvalue weighted by molar-refractivity contribution is -0.139. The van der Waals surface area contributed by atoms with Crippen LogP contribution in [0.5, 0.6) is 11.5 Å². The van der Waals surface area contributed by atoms with Crippen LogP contribution in [-0.2, 0) is 9.59 Å². The number of carbonyl (C=O) groups excluding carboxylic acids is 2. The molecular weight excluding hydrogens is 396 g/mol. The molecule has 2 aromatic carbocycles. The van der Waals surface area contributed by atoms with Gasteiger partial charge in [0.2, 0.25) is 0 Å². The van der Waals surface area contributed by atoms with E-state index in [1.165, 1.54) is 19.1 Å². The van der Waals surface area contributed by atoms with E-state index in [0.29, 0.717) is 30.0 Å². The van der Waals surface area contributed by atoms with Crippen molar-refractivity contribution in [2.45, 2.75) is 19.4 Å². The molecule has 1 aromatic heterocycles. The maximum absolute atomic E-state index is 13.1. The number of hydrogen-bond donors (Lipinski definition) is 2. The van der Waals surface area contributed by atoms with Gasteiger partial charge in [-0.1, -0.05) is 25.1 Å². The molecule has 0 radical (unpaired) electrons. The third-order valence-electron chi connectivity index (χ3n) is 5.58. The number of benzene rings is 2. The Morgan fingerprint density at radius 2 is 1.90 bits per heavy atom. The molecule has 2 N–H and O–H groups in total.